The zero-order chi connectivity index (χ0) is 17.8. The van der Waals surface area contributed by atoms with Crippen molar-refractivity contribution in [2.45, 2.75) is 26.2 Å². The van der Waals surface area contributed by atoms with Gasteiger partial charge in [-0.2, -0.15) is 0 Å². The maximum atomic E-state index is 12.3. The molecule has 25 heavy (non-hydrogen) atoms. The smallest absolute Gasteiger partial charge is 0.224 e. The van der Waals surface area contributed by atoms with Gasteiger partial charge < -0.3 is 15.0 Å². The van der Waals surface area contributed by atoms with E-state index in [4.69, 9.17) is 4.74 Å². The van der Waals surface area contributed by atoms with Gasteiger partial charge in [-0.1, -0.05) is 25.1 Å². The van der Waals surface area contributed by atoms with Crippen molar-refractivity contribution in [3.63, 3.8) is 0 Å². The molecule has 0 unspecified atom stereocenters. The monoisotopic (exact) mass is 342 g/mol. The molecule has 0 aromatic heterocycles. The van der Waals surface area contributed by atoms with Crippen molar-refractivity contribution in [3.8, 4) is 5.75 Å². The van der Waals surface area contributed by atoms with Gasteiger partial charge in [0.15, 0.2) is 0 Å². The molecule has 0 saturated heterocycles. The Bertz CT molecular complexity index is 666. The van der Waals surface area contributed by atoms with Crippen LogP contribution in [0.25, 0.3) is 5.57 Å². The Morgan fingerprint density at radius 3 is 2.56 bits per heavy atom. The number of amides is 2. The Morgan fingerprint density at radius 2 is 2.00 bits per heavy atom. The number of hydrogen-bond donors (Lipinski definition) is 1. The molecule has 2 aliphatic rings. The SMILES string of the molecule is COc1ccc(C2=CCN(C(=O)CCNC(=O)[C@H]3C[C@H]3C)CC2)cc1. The molecular weight excluding hydrogens is 316 g/mol. The van der Waals surface area contributed by atoms with Crippen molar-refractivity contribution < 1.29 is 14.3 Å². The summed E-state index contributed by atoms with van der Waals surface area (Å²) in [6, 6.07) is 8.02. The lowest BCUT2D eigenvalue weighted by Crippen LogP contribution is -2.37. The van der Waals surface area contributed by atoms with E-state index in [0.717, 1.165) is 25.1 Å². The molecule has 1 N–H and O–H groups in total. The molecular formula is C20H26N2O3. The summed E-state index contributed by atoms with van der Waals surface area (Å²) in [6.45, 7) is 3.88. The summed E-state index contributed by atoms with van der Waals surface area (Å²) in [5.41, 5.74) is 2.45. The van der Waals surface area contributed by atoms with Crippen LogP contribution in [0.4, 0.5) is 0 Å². The van der Waals surface area contributed by atoms with Gasteiger partial charge >= 0.3 is 0 Å². The van der Waals surface area contributed by atoms with E-state index in [-0.39, 0.29) is 17.7 Å². The van der Waals surface area contributed by atoms with Crippen LogP contribution in [-0.2, 0) is 9.59 Å². The van der Waals surface area contributed by atoms with Crippen LogP contribution in [0.5, 0.6) is 5.75 Å². The van der Waals surface area contributed by atoms with Crippen LogP contribution in [0.3, 0.4) is 0 Å². The Labute approximate surface area is 149 Å². The first kappa shape index (κ1) is 17.5. The summed E-state index contributed by atoms with van der Waals surface area (Å²) in [7, 11) is 1.66. The van der Waals surface area contributed by atoms with Crippen molar-refractivity contribution in [2.24, 2.45) is 11.8 Å². The topological polar surface area (TPSA) is 58.6 Å². The highest BCUT2D eigenvalue weighted by Crippen LogP contribution is 2.37. The van der Waals surface area contributed by atoms with E-state index in [2.05, 4.69) is 30.4 Å². The number of benzene rings is 1. The maximum absolute atomic E-state index is 12.3. The molecule has 1 aliphatic heterocycles. The third-order valence-electron chi connectivity index (χ3n) is 5.11. The summed E-state index contributed by atoms with van der Waals surface area (Å²) < 4.78 is 5.18. The van der Waals surface area contributed by atoms with Crippen molar-refractivity contribution in [1.82, 2.24) is 10.2 Å². The van der Waals surface area contributed by atoms with Crippen molar-refractivity contribution in [2.75, 3.05) is 26.7 Å². The van der Waals surface area contributed by atoms with E-state index in [1.165, 1.54) is 11.1 Å². The Kier molecular flexibility index (Phi) is 5.41. The molecule has 0 spiro atoms. The molecule has 1 heterocycles. The average molecular weight is 342 g/mol. The molecule has 0 radical (unpaired) electrons. The molecule has 1 fully saturated rings. The summed E-state index contributed by atoms with van der Waals surface area (Å²) >= 11 is 0. The van der Waals surface area contributed by atoms with Crippen LogP contribution in [0.15, 0.2) is 30.3 Å². The van der Waals surface area contributed by atoms with Gasteiger partial charge in [-0.15, -0.1) is 0 Å². The van der Waals surface area contributed by atoms with E-state index in [1.807, 2.05) is 17.0 Å². The number of carbonyl (C=O) groups is 2. The van der Waals surface area contributed by atoms with Crippen LogP contribution < -0.4 is 10.1 Å². The second kappa shape index (κ2) is 7.72. The van der Waals surface area contributed by atoms with E-state index in [0.29, 0.717) is 25.4 Å². The standard InChI is InChI=1S/C20H26N2O3/c1-14-13-18(14)20(24)21-10-7-19(23)22-11-8-16(9-12-22)15-3-5-17(25-2)6-4-15/h3-6,8,14,18H,7,9-13H2,1-2H3,(H,21,24)/t14-,18+/m1/s1. The Balaban J connectivity index is 1.44. The van der Waals surface area contributed by atoms with Crippen LogP contribution in [0.2, 0.25) is 0 Å². The molecule has 5 heteroatoms. The highest BCUT2D eigenvalue weighted by Gasteiger charge is 2.38. The molecule has 1 aromatic carbocycles. The first-order chi connectivity index (χ1) is 12.1. The molecule has 1 saturated carbocycles. The van der Waals surface area contributed by atoms with E-state index < -0.39 is 0 Å². The zero-order valence-corrected chi connectivity index (χ0v) is 15.0. The lowest BCUT2D eigenvalue weighted by atomic mass is 9.99. The van der Waals surface area contributed by atoms with Gasteiger partial charge in [-0.25, -0.2) is 0 Å². The number of nitrogens with one attached hydrogen (secondary N) is 1. The van der Waals surface area contributed by atoms with Gasteiger partial charge in [-0.3, -0.25) is 9.59 Å². The molecule has 2 amide bonds. The third-order valence-corrected chi connectivity index (χ3v) is 5.11. The molecule has 5 nitrogen and oxygen atoms in total. The van der Waals surface area contributed by atoms with Gasteiger partial charge in [0.2, 0.25) is 11.8 Å². The summed E-state index contributed by atoms with van der Waals surface area (Å²) in [6.07, 6.45) is 4.32. The van der Waals surface area contributed by atoms with E-state index in [9.17, 15) is 9.59 Å². The lowest BCUT2D eigenvalue weighted by molar-refractivity contribution is -0.130. The maximum Gasteiger partial charge on any atom is 0.224 e. The van der Waals surface area contributed by atoms with Gasteiger partial charge in [0.05, 0.1) is 7.11 Å². The molecule has 2 atom stereocenters. The van der Waals surface area contributed by atoms with Gasteiger partial charge in [0.1, 0.15) is 5.75 Å². The van der Waals surface area contributed by atoms with E-state index >= 15 is 0 Å². The van der Waals surface area contributed by atoms with Crippen LogP contribution in [0.1, 0.15) is 31.7 Å². The largest absolute Gasteiger partial charge is 0.497 e. The summed E-state index contributed by atoms with van der Waals surface area (Å²) in [5.74, 6) is 1.72. The third kappa shape index (κ3) is 4.41. The second-order valence-electron chi connectivity index (χ2n) is 6.91. The van der Waals surface area contributed by atoms with Crippen molar-refractivity contribution in [3.05, 3.63) is 35.9 Å². The van der Waals surface area contributed by atoms with Gasteiger partial charge in [0, 0.05) is 32.0 Å². The van der Waals surface area contributed by atoms with Crippen LogP contribution in [0, 0.1) is 11.8 Å². The minimum absolute atomic E-state index is 0.0978. The predicted octanol–water partition coefficient (Wildman–Crippen LogP) is 2.47. The predicted molar refractivity (Wildman–Crippen MR) is 97.1 cm³/mol. The number of nitrogens with zero attached hydrogens (tertiary/aromatic N) is 1. The van der Waals surface area contributed by atoms with Crippen molar-refractivity contribution >= 4 is 17.4 Å². The van der Waals surface area contributed by atoms with Crippen molar-refractivity contribution in [1.29, 1.82) is 0 Å². The number of hydrogen-bond acceptors (Lipinski definition) is 3. The Hall–Kier alpha value is -2.30. The van der Waals surface area contributed by atoms with E-state index in [1.54, 1.807) is 7.11 Å². The first-order valence-corrected chi connectivity index (χ1v) is 8.97. The zero-order valence-electron chi connectivity index (χ0n) is 15.0. The highest BCUT2D eigenvalue weighted by atomic mass is 16.5. The highest BCUT2D eigenvalue weighted by molar-refractivity contribution is 5.83. The fourth-order valence-corrected chi connectivity index (χ4v) is 3.23. The molecule has 134 valence electrons. The fourth-order valence-electron chi connectivity index (χ4n) is 3.23. The Morgan fingerprint density at radius 1 is 1.28 bits per heavy atom. The normalized spacial score (nSPS) is 22.2. The minimum Gasteiger partial charge on any atom is -0.497 e. The van der Waals surface area contributed by atoms with Gasteiger partial charge in [-0.05, 0) is 42.0 Å². The molecule has 1 aromatic rings. The molecule has 0 bridgehead atoms. The minimum atomic E-state index is 0.0978. The summed E-state index contributed by atoms with van der Waals surface area (Å²) in [4.78, 5) is 25.9. The van der Waals surface area contributed by atoms with Gasteiger partial charge in [0.25, 0.3) is 0 Å². The second-order valence-corrected chi connectivity index (χ2v) is 6.91. The number of rotatable bonds is 6. The number of ether oxygens (including phenoxy) is 1. The quantitative estimate of drug-likeness (QED) is 0.864. The van der Waals surface area contributed by atoms with Crippen LogP contribution >= 0.6 is 0 Å². The summed E-state index contributed by atoms with van der Waals surface area (Å²) in [5, 5.41) is 2.88. The molecule has 1 aliphatic carbocycles. The molecule has 3 rings (SSSR count). The first-order valence-electron chi connectivity index (χ1n) is 8.97. The number of carbonyl (C=O) groups excluding carboxylic acids is 2. The number of methoxy groups -OCH3 is 1. The lowest BCUT2D eigenvalue weighted by Gasteiger charge is -2.27. The average Bonchev–Trinajstić information content (AvgIpc) is 3.38. The van der Waals surface area contributed by atoms with Crippen LogP contribution in [-0.4, -0.2) is 43.5 Å². The fraction of sp³-hybridized carbons (Fsp3) is 0.500.